The Morgan fingerprint density at radius 2 is 2.10 bits per heavy atom. The molecule has 1 aliphatic heterocycles. The van der Waals surface area contributed by atoms with Crippen molar-refractivity contribution in [3.63, 3.8) is 0 Å². The maximum absolute atomic E-state index is 12.3. The fraction of sp³-hybridized carbons (Fsp3) is 0.200. The molecule has 1 aromatic carbocycles. The lowest BCUT2D eigenvalue weighted by Gasteiger charge is -2.35. The number of hydrogen-bond donors (Lipinski definition) is 0. The van der Waals surface area contributed by atoms with E-state index < -0.39 is 0 Å². The monoisotopic (exact) mass is 331 g/mol. The first-order chi connectivity index (χ1) is 9.65. The summed E-state index contributed by atoms with van der Waals surface area (Å²) < 4.78 is 1.01. The van der Waals surface area contributed by atoms with Crippen molar-refractivity contribution in [1.29, 1.82) is 0 Å². The summed E-state index contributed by atoms with van der Waals surface area (Å²) in [6, 6.07) is 11.7. The van der Waals surface area contributed by atoms with Gasteiger partial charge in [-0.25, -0.2) is 0 Å². The van der Waals surface area contributed by atoms with Crippen molar-refractivity contribution >= 4 is 33.2 Å². The maximum atomic E-state index is 12.3. The molecule has 3 rings (SSSR count). The SMILES string of the molecule is CN1CC(=O)N(Cc2ccccn2)c2ccc(Br)cc21. The van der Waals surface area contributed by atoms with Gasteiger partial charge in [0, 0.05) is 17.7 Å². The highest BCUT2D eigenvalue weighted by molar-refractivity contribution is 9.10. The molecule has 1 aromatic heterocycles. The first-order valence-corrected chi connectivity index (χ1v) is 7.15. The van der Waals surface area contributed by atoms with Crippen molar-refractivity contribution in [3.05, 3.63) is 52.8 Å². The third-order valence-electron chi connectivity index (χ3n) is 3.36. The van der Waals surface area contributed by atoms with Crippen molar-refractivity contribution < 1.29 is 4.79 Å². The molecular formula is C15H14BrN3O. The molecular weight excluding hydrogens is 318 g/mol. The van der Waals surface area contributed by atoms with Crippen LogP contribution < -0.4 is 9.80 Å². The lowest BCUT2D eigenvalue weighted by Crippen LogP contribution is -2.44. The number of anilines is 2. The van der Waals surface area contributed by atoms with Crippen LogP contribution in [0.25, 0.3) is 0 Å². The minimum absolute atomic E-state index is 0.0907. The van der Waals surface area contributed by atoms with Crippen molar-refractivity contribution in [3.8, 4) is 0 Å². The average Bonchev–Trinajstić information content (AvgIpc) is 2.45. The molecule has 0 N–H and O–H groups in total. The van der Waals surface area contributed by atoms with Gasteiger partial charge in [0.05, 0.1) is 30.2 Å². The van der Waals surface area contributed by atoms with E-state index in [1.54, 1.807) is 11.1 Å². The number of carbonyl (C=O) groups is 1. The average molecular weight is 332 g/mol. The summed E-state index contributed by atoms with van der Waals surface area (Å²) in [6.07, 6.45) is 1.75. The van der Waals surface area contributed by atoms with Crippen LogP contribution in [0.5, 0.6) is 0 Å². The number of rotatable bonds is 2. The van der Waals surface area contributed by atoms with Gasteiger partial charge in [0.1, 0.15) is 0 Å². The van der Waals surface area contributed by atoms with Gasteiger partial charge < -0.3 is 9.80 Å². The molecule has 4 nitrogen and oxygen atoms in total. The predicted molar refractivity (Wildman–Crippen MR) is 82.8 cm³/mol. The van der Waals surface area contributed by atoms with Crippen molar-refractivity contribution in [2.75, 3.05) is 23.4 Å². The molecule has 0 atom stereocenters. The second-order valence-electron chi connectivity index (χ2n) is 4.79. The van der Waals surface area contributed by atoms with Crippen LogP contribution in [-0.2, 0) is 11.3 Å². The van der Waals surface area contributed by atoms with Crippen LogP contribution in [-0.4, -0.2) is 24.5 Å². The second kappa shape index (κ2) is 5.25. The number of pyridine rings is 1. The number of hydrogen-bond acceptors (Lipinski definition) is 3. The second-order valence-corrected chi connectivity index (χ2v) is 5.71. The Balaban J connectivity index is 1.99. The minimum atomic E-state index is 0.0907. The Morgan fingerprint density at radius 3 is 2.85 bits per heavy atom. The zero-order valence-corrected chi connectivity index (χ0v) is 12.7. The third kappa shape index (κ3) is 2.41. The summed E-state index contributed by atoms with van der Waals surface area (Å²) in [5.41, 5.74) is 2.87. The quantitative estimate of drug-likeness (QED) is 0.849. The van der Waals surface area contributed by atoms with Crippen LogP contribution in [0.15, 0.2) is 47.1 Å². The van der Waals surface area contributed by atoms with Gasteiger partial charge in [-0.1, -0.05) is 22.0 Å². The van der Waals surface area contributed by atoms with Crippen molar-refractivity contribution in [2.24, 2.45) is 0 Å². The van der Waals surface area contributed by atoms with Crippen LogP contribution in [0.3, 0.4) is 0 Å². The van der Waals surface area contributed by atoms with Crippen LogP contribution >= 0.6 is 15.9 Å². The Morgan fingerprint density at radius 1 is 1.25 bits per heavy atom. The largest absolute Gasteiger partial charge is 0.364 e. The molecule has 0 saturated carbocycles. The van der Waals surface area contributed by atoms with Crippen molar-refractivity contribution in [2.45, 2.75) is 6.54 Å². The zero-order valence-electron chi connectivity index (χ0n) is 11.1. The number of halogens is 1. The molecule has 0 fully saturated rings. The van der Waals surface area contributed by atoms with Crippen molar-refractivity contribution in [1.82, 2.24) is 4.98 Å². The summed E-state index contributed by atoms with van der Waals surface area (Å²) in [4.78, 5) is 20.4. The third-order valence-corrected chi connectivity index (χ3v) is 3.85. The van der Waals surface area contributed by atoms with E-state index in [9.17, 15) is 4.79 Å². The van der Waals surface area contributed by atoms with Gasteiger partial charge in [0.25, 0.3) is 0 Å². The topological polar surface area (TPSA) is 36.4 Å². The van der Waals surface area contributed by atoms with Gasteiger partial charge >= 0.3 is 0 Å². The zero-order chi connectivity index (χ0) is 14.1. The Labute approximate surface area is 126 Å². The molecule has 20 heavy (non-hydrogen) atoms. The van der Waals surface area contributed by atoms with Gasteiger partial charge in [-0.2, -0.15) is 0 Å². The summed E-state index contributed by atoms with van der Waals surface area (Å²) in [5.74, 6) is 0.0907. The first kappa shape index (κ1) is 13.1. The fourth-order valence-electron chi connectivity index (χ4n) is 2.37. The summed E-state index contributed by atoms with van der Waals surface area (Å²) in [7, 11) is 1.93. The predicted octanol–water partition coefficient (Wildman–Crippen LogP) is 2.83. The molecule has 0 bridgehead atoms. The lowest BCUT2D eigenvalue weighted by atomic mass is 10.1. The van der Waals surface area contributed by atoms with E-state index in [4.69, 9.17) is 0 Å². The van der Waals surface area contributed by atoms with E-state index in [1.807, 2.05) is 48.3 Å². The van der Waals surface area contributed by atoms with Crippen LogP contribution in [0, 0.1) is 0 Å². The molecule has 0 spiro atoms. The fourth-order valence-corrected chi connectivity index (χ4v) is 2.71. The molecule has 1 amide bonds. The Hall–Kier alpha value is -1.88. The number of carbonyl (C=O) groups excluding carboxylic acids is 1. The highest BCUT2D eigenvalue weighted by Crippen LogP contribution is 2.35. The highest BCUT2D eigenvalue weighted by atomic mass is 79.9. The number of likely N-dealkylation sites (N-methyl/N-ethyl adjacent to an activating group) is 1. The first-order valence-electron chi connectivity index (χ1n) is 6.36. The van der Waals surface area contributed by atoms with Gasteiger partial charge in [-0.05, 0) is 30.3 Å². The Bertz CT molecular complexity index is 645. The molecule has 0 unspecified atom stereocenters. The van der Waals surface area contributed by atoms with E-state index >= 15 is 0 Å². The molecule has 0 aliphatic carbocycles. The van der Waals surface area contributed by atoms with Crippen LogP contribution in [0.1, 0.15) is 5.69 Å². The Kier molecular flexibility index (Phi) is 3.44. The number of aromatic nitrogens is 1. The van der Waals surface area contributed by atoms with Gasteiger partial charge in [0.2, 0.25) is 5.91 Å². The normalized spacial score (nSPS) is 14.4. The van der Waals surface area contributed by atoms with Crippen LogP contribution in [0.4, 0.5) is 11.4 Å². The molecule has 2 heterocycles. The molecule has 1 aliphatic rings. The molecule has 0 saturated heterocycles. The smallest absolute Gasteiger partial charge is 0.246 e. The van der Waals surface area contributed by atoms with E-state index in [2.05, 4.69) is 20.9 Å². The number of amides is 1. The number of nitrogens with zero attached hydrogens (tertiary/aromatic N) is 3. The standard InChI is InChI=1S/C15H14BrN3O/c1-18-10-15(20)19(9-12-4-2-3-7-17-12)13-6-5-11(16)8-14(13)18/h2-8H,9-10H2,1H3. The summed E-state index contributed by atoms with van der Waals surface area (Å²) in [5, 5.41) is 0. The van der Waals surface area contributed by atoms with Gasteiger partial charge in [0.15, 0.2) is 0 Å². The molecule has 102 valence electrons. The van der Waals surface area contributed by atoms with Gasteiger partial charge in [-0.3, -0.25) is 9.78 Å². The van der Waals surface area contributed by atoms with E-state index in [1.165, 1.54) is 0 Å². The number of fused-ring (bicyclic) bond motifs is 1. The van der Waals surface area contributed by atoms with Gasteiger partial charge in [-0.15, -0.1) is 0 Å². The van der Waals surface area contributed by atoms with E-state index in [0.717, 1.165) is 21.5 Å². The highest BCUT2D eigenvalue weighted by Gasteiger charge is 2.27. The van der Waals surface area contributed by atoms with E-state index in [0.29, 0.717) is 13.1 Å². The lowest BCUT2D eigenvalue weighted by molar-refractivity contribution is -0.117. The molecule has 5 heteroatoms. The van der Waals surface area contributed by atoms with Crippen LogP contribution in [0.2, 0.25) is 0 Å². The maximum Gasteiger partial charge on any atom is 0.246 e. The number of benzene rings is 1. The van der Waals surface area contributed by atoms with E-state index in [-0.39, 0.29) is 5.91 Å². The minimum Gasteiger partial charge on any atom is -0.364 e. The molecule has 0 radical (unpaired) electrons. The summed E-state index contributed by atoms with van der Waals surface area (Å²) >= 11 is 3.48. The molecule has 2 aromatic rings. The summed E-state index contributed by atoms with van der Waals surface area (Å²) in [6.45, 7) is 0.887.